The summed E-state index contributed by atoms with van der Waals surface area (Å²) in [4.78, 5) is 0. The monoisotopic (exact) mass is 232 g/mol. The maximum atomic E-state index is 9.64. The molecule has 0 atom stereocenters. The first kappa shape index (κ1) is 11.7. The van der Waals surface area contributed by atoms with Gasteiger partial charge in [0.05, 0.1) is 5.56 Å². The van der Waals surface area contributed by atoms with E-state index >= 15 is 0 Å². The first-order valence-electron chi connectivity index (χ1n) is 5.61. The van der Waals surface area contributed by atoms with Crippen LogP contribution in [0.25, 0.3) is 11.3 Å². The SMILES string of the molecule is CC(C)c1c(O)noc1-c1ccc(CN)cc1. The second-order valence-corrected chi connectivity index (χ2v) is 4.30. The van der Waals surface area contributed by atoms with Crippen molar-refractivity contribution in [3.05, 3.63) is 35.4 Å². The highest BCUT2D eigenvalue weighted by molar-refractivity contribution is 5.64. The lowest BCUT2D eigenvalue weighted by Crippen LogP contribution is -1.95. The molecule has 90 valence electrons. The molecule has 3 N–H and O–H groups in total. The second kappa shape index (κ2) is 4.59. The van der Waals surface area contributed by atoms with Crippen LogP contribution < -0.4 is 5.73 Å². The van der Waals surface area contributed by atoms with Crippen molar-refractivity contribution < 1.29 is 9.63 Å². The maximum absolute atomic E-state index is 9.64. The summed E-state index contributed by atoms with van der Waals surface area (Å²) in [7, 11) is 0. The Hall–Kier alpha value is -1.81. The lowest BCUT2D eigenvalue weighted by molar-refractivity contribution is 0.364. The van der Waals surface area contributed by atoms with Crippen molar-refractivity contribution in [2.45, 2.75) is 26.3 Å². The number of hydrogen-bond donors (Lipinski definition) is 2. The van der Waals surface area contributed by atoms with Gasteiger partial charge in [-0.05, 0) is 16.6 Å². The summed E-state index contributed by atoms with van der Waals surface area (Å²) < 4.78 is 5.19. The Morgan fingerprint density at radius 3 is 2.47 bits per heavy atom. The molecule has 0 amide bonds. The van der Waals surface area contributed by atoms with Gasteiger partial charge in [0.2, 0.25) is 0 Å². The summed E-state index contributed by atoms with van der Waals surface area (Å²) in [6.07, 6.45) is 0. The number of nitrogens with zero attached hydrogens (tertiary/aromatic N) is 1. The molecule has 1 heterocycles. The molecule has 2 aromatic rings. The van der Waals surface area contributed by atoms with E-state index in [1.165, 1.54) is 0 Å². The van der Waals surface area contributed by atoms with Crippen LogP contribution in [-0.2, 0) is 6.54 Å². The molecule has 1 aromatic heterocycles. The Labute approximate surface area is 100 Å². The van der Waals surface area contributed by atoms with Gasteiger partial charge in [-0.15, -0.1) is 0 Å². The molecule has 0 aliphatic carbocycles. The second-order valence-electron chi connectivity index (χ2n) is 4.30. The van der Waals surface area contributed by atoms with Crippen LogP contribution in [0.1, 0.15) is 30.9 Å². The fourth-order valence-corrected chi connectivity index (χ4v) is 1.81. The minimum absolute atomic E-state index is 0.0297. The molecule has 17 heavy (non-hydrogen) atoms. The van der Waals surface area contributed by atoms with Gasteiger partial charge >= 0.3 is 0 Å². The lowest BCUT2D eigenvalue weighted by atomic mass is 9.99. The minimum atomic E-state index is -0.0297. The predicted octanol–water partition coefficient (Wildman–Crippen LogP) is 2.63. The zero-order valence-electron chi connectivity index (χ0n) is 9.97. The van der Waals surface area contributed by atoms with E-state index in [-0.39, 0.29) is 11.8 Å². The average Bonchev–Trinajstić information content (AvgIpc) is 2.71. The summed E-state index contributed by atoms with van der Waals surface area (Å²) in [5, 5.41) is 13.3. The Balaban J connectivity index is 2.45. The summed E-state index contributed by atoms with van der Waals surface area (Å²) in [6.45, 7) is 4.49. The van der Waals surface area contributed by atoms with Crippen LogP contribution in [0, 0.1) is 0 Å². The van der Waals surface area contributed by atoms with Crippen LogP contribution in [0.3, 0.4) is 0 Å². The average molecular weight is 232 g/mol. The van der Waals surface area contributed by atoms with Gasteiger partial charge in [0, 0.05) is 12.1 Å². The van der Waals surface area contributed by atoms with Gasteiger partial charge in [0.25, 0.3) is 5.88 Å². The van der Waals surface area contributed by atoms with Crippen molar-refractivity contribution in [3.8, 4) is 17.2 Å². The van der Waals surface area contributed by atoms with E-state index in [0.29, 0.717) is 12.3 Å². The standard InChI is InChI=1S/C13H16N2O2/c1-8(2)11-12(17-15-13(11)16)10-5-3-9(7-14)4-6-10/h3-6,8H,7,14H2,1-2H3,(H,15,16). The van der Waals surface area contributed by atoms with Gasteiger partial charge in [-0.3, -0.25) is 0 Å². The third-order valence-electron chi connectivity index (χ3n) is 2.74. The first-order valence-corrected chi connectivity index (χ1v) is 5.61. The highest BCUT2D eigenvalue weighted by Crippen LogP contribution is 2.35. The summed E-state index contributed by atoms with van der Waals surface area (Å²) >= 11 is 0. The third kappa shape index (κ3) is 2.17. The molecule has 0 saturated heterocycles. The van der Waals surface area contributed by atoms with Gasteiger partial charge in [-0.2, -0.15) is 0 Å². The van der Waals surface area contributed by atoms with Crippen molar-refractivity contribution in [1.82, 2.24) is 5.16 Å². The van der Waals surface area contributed by atoms with Gasteiger partial charge in [-0.25, -0.2) is 0 Å². The van der Waals surface area contributed by atoms with Crippen LogP contribution in [-0.4, -0.2) is 10.3 Å². The number of aromatic nitrogens is 1. The molecule has 0 saturated carbocycles. The van der Waals surface area contributed by atoms with Gasteiger partial charge in [-0.1, -0.05) is 38.1 Å². The van der Waals surface area contributed by atoms with Gasteiger partial charge < -0.3 is 15.4 Å². The highest BCUT2D eigenvalue weighted by Gasteiger charge is 2.19. The van der Waals surface area contributed by atoms with E-state index in [2.05, 4.69) is 5.16 Å². The van der Waals surface area contributed by atoms with E-state index in [1.54, 1.807) is 0 Å². The maximum Gasteiger partial charge on any atom is 0.255 e. The molecule has 4 heteroatoms. The molecule has 4 nitrogen and oxygen atoms in total. The molecule has 0 bridgehead atoms. The topological polar surface area (TPSA) is 72.3 Å². The molecule has 0 spiro atoms. The minimum Gasteiger partial charge on any atom is -0.491 e. The molecule has 0 aliphatic rings. The van der Waals surface area contributed by atoms with Crippen molar-refractivity contribution in [2.24, 2.45) is 5.73 Å². The fraction of sp³-hybridized carbons (Fsp3) is 0.308. The largest absolute Gasteiger partial charge is 0.491 e. The number of hydrogen-bond acceptors (Lipinski definition) is 4. The summed E-state index contributed by atoms with van der Waals surface area (Å²) in [5.74, 6) is 0.754. The molecule has 1 aromatic carbocycles. The van der Waals surface area contributed by atoms with Crippen molar-refractivity contribution >= 4 is 0 Å². The van der Waals surface area contributed by atoms with Crippen LogP contribution in [0.2, 0.25) is 0 Å². The van der Waals surface area contributed by atoms with Crippen LogP contribution >= 0.6 is 0 Å². The fourth-order valence-electron chi connectivity index (χ4n) is 1.81. The van der Waals surface area contributed by atoms with E-state index in [0.717, 1.165) is 16.7 Å². The van der Waals surface area contributed by atoms with Crippen molar-refractivity contribution in [2.75, 3.05) is 0 Å². The Bertz CT molecular complexity index is 501. The number of aromatic hydroxyl groups is 1. The zero-order valence-corrected chi connectivity index (χ0v) is 9.97. The zero-order chi connectivity index (χ0) is 12.4. The number of benzene rings is 1. The molecule has 0 radical (unpaired) electrons. The normalized spacial score (nSPS) is 11.1. The Morgan fingerprint density at radius 2 is 1.94 bits per heavy atom. The highest BCUT2D eigenvalue weighted by atomic mass is 16.5. The smallest absolute Gasteiger partial charge is 0.255 e. The van der Waals surface area contributed by atoms with Crippen molar-refractivity contribution in [3.63, 3.8) is 0 Å². The van der Waals surface area contributed by atoms with Crippen LogP contribution in [0.15, 0.2) is 28.8 Å². The Morgan fingerprint density at radius 1 is 1.29 bits per heavy atom. The summed E-state index contributed by atoms with van der Waals surface area (Å²) in [5.41, 5.74) is 8.25. The van der Waals surface area contributed by atoms with Crippen molar-refractivity contribution in [1.29, 1.82) is 0 Å². The number of rotatable bonds is 3. The van der Waals surface area contributed by atoms with E-state index < -0.39 is 0 Å². The van der Waals surface area contributed by atoms with Gasteiger partial charge in [0.15, 0.2) is 5.76 Å². The Kier molecular flexibility index (Phi) is 3.15. The quantitative estimate of drug-likeness (QED) is 0.853. The lowest BCUT2D eigenvalue weighted by Gasteiger charge is -2.05. The molecular formula is C13H16N2O2. The molecule has 0 aliphatic heterocycles. The molecule has 2 rings (SSSR count). The first-order chi connectivity index (χ1) is 8.13. The number of nitrogens with two attached hydrogens (primary N) is 1. The van der Waals surface area contributed by atoms with E-state index in [9.17, 15) is 5.11 Å². The van der Waals surface area contributed by atoms with Gasteiger partial charge in [0.1, 0.15) is 0 Å². The van der Waals surface area contributed by atoms with Crippen LogP contribution in [0.5, 0.6) is 5.88 Å². The van der Waals surface area contributed by atoms with E-state index in [1.807, 2.05) is 38.1 Å². The molecular weight excluding hydrogens is 216 g/mol. The van der Waals surface area contributed by atoms with E-state index in [4.69, 9.17) is 10.3 Å². The third-order valence-corrected chi connectivity index (χ3v) is 2.74. The summed E-state index contributed by atoms with van der Waals surface area (Å²) in [6, 6.07) is 7.74. The molecule has 0 fully saturated rings. The predicted molar refractivity (Wildman–Crippen MR) is 65.6 cm³/mol. The van der Waals surface area contributed by atoms with Crippen LogP contribution in [0.4, 0.5) is 0 Å². The molecule has 0 unspecified atom stereocenters.